The molecule has 4 nitrogen and oxygen atoms in total. The molecule has 6 heteroatoms. The van der Waals surface area contributed by atoms with E-state index in [1.165, 1.54) is 11.6 Å². The molecule has 1 amide bonds. The van der Waals surface area contributed by atoms with Crippen LogP contribution in [0, 0.1) is 17.0 Å². The van der Waals surface area contributed by atoms with E-state index in [0.717, 1.165) is 38.2 Å². The van der Waals surface area contributed by atoms with Crippen LogP contribution >= 0.6 is 0 Å². The summed E-state index contributed by atoms with van der Waals surface area (Å²) in [6, 6.07) is 7.65. The number of amides is 1. The lowest BCUT2D eigenvalue weighted by atomic mass is 9.86. The van der Waals surface area contributed by atoms with E-state index in [2.05, 4.69) is 9.88 Å². The van der Waals surface area contributed by atoms with Crippen molar-refractivity contribution in [2.45, 2.75) is 19.4 Å². The molecule has 2 aromatic rings. The fraction of sp³-hybridized carbons (Fsp3) is 0.368. The maximum atomic E-state index is 13.5. The first-order valence-corrected chi connectivity index (χ1v) is 8.41. The van der Waals surface area contributed by atoms with Crippen LogP contribution in [-0.4, -0.2) is 35.4 Å². The van der Waals surface area contributed by atoms with E-state index in [-0.39, 0.29) is 11.3 Å². The summed E-state index contributed by atoms with van der Waals surface area (Å²) < 4.78 is 26.7. The molecule has 1 unspecified atom stereocenters. The molecule has 1 spiro atoms. The fourth-order valence-electron chi connectivity index (χ4n) is 3.97. The van der Waals surface area contributed by atoms with Crippen molar-refractivity contribution in [1.82, 2.24) is 9.88 Å². The molecule has 0 radical (unpaired) electrons. The number of carbonyl (C=O) groups is 1. The van der Waals surface area contributed by atoms with Crippen LogP contribution in [0.15, 0.2) is 42.7 Å². The van der Waals surface area contributed by atoms with E-state index in [1.807, 2.05) is 12.1 Å². The monoisotopic (exact) mass is 343 g/mol. The van der Waals surface area contributed by atoms with Crippen LogP contribution in [0.5, 0.6) is 0 Å². The molecule has 2 fully saturated rings. The predicted molar refractivity (Wildman–Crippen MR) is 89.9 cm³/mol. The van der Waals surface area contributed by atoms with Gasteiger partial charge in [0.25, 0.3) is 0 Å². The fourth-order valence-corrected chi connectivity index (χ4v) is 3.97. The Hall–Kier alpha value is -2.34. The molecular weight excluding hydrogens is 324 g/mol. The Morgan fingerprint density at radius 1 is 1.08 bits per heavy atom. The third-order valence-corrected chi connectivity index (χ3v) is 5.21. The lowest BCUT2D eigenvalue weighted by Crippen LogP contribution is -2.31. The quantitative estimate of drug-likeness (QED) is 0.860. The van der Waals surface area contributed by atoms with Crippen molar-refractivity contribution >= 4 is 11.6 Å². The minimum absolute atomic E-state index is 0.0169. The average molecular weight is 343 g/mol. The lowest BCUT2D eigenvalue weighted by molar-refractivity contribution is -0.117. The molecule has 0 N–H and O–H groups in total. The standard InChI is InChI=1S/C19H19F2N3O/c20-16-2-1-15(9-17(16)21)24-13-19(10-18(24)25)5-8-23(12-19)11-14-3-6-22-7-4-14/h1-4,6-7,9H,5,8,10-13H2. The van der Waals surface area contributed by atoms with Gasteiger partial charge in [0.1, 0.15) is 0 Å². The summed E-state index contributed by atoms with van der Waals surface area (Å²) in [6.07, 6.45) is 4.96. The van der Waals surface area contributed by atoms with Crippen LogP contribution in [-0.2, 0) is 11.3 Å². The van der Waals surface area contributed by atoms with Gasteiger partial charge < -0.3 is 4.90 Å². The van der Waals surface area contributed by atoms with Gasteiger partial charge in [-0.15, -0.1) is 0 Å². The summed E-state index contributed by atoms with van der Waals surface area (Å²) in [6.45, 7) is 3.16. The zero-order valence-electron chi connectivity index (χ0n) is 13.8. The van der Waals surface area contributed by atoms with E-state index >= 15 is 0 Å². The molecule has 2 aliphatic rings. The predicted octanol–water partition coefficient (Wildman–Crippen LogP) is 2.99. The Morgan fingerprint density at radius 2 is 1.88 bits per heavy atom. The number of benzene rings is 1. The van der Waals surface area contributed by atoms with Gasteiger partial charge in [-0.25, -0.2) is 8.78 Å². The van der Waals surface area contributed by atoms with Crippen LogP contribution in [0.3, 0.4) is 0 Å². The van der Waals surface area contributed by atoms with Gasteiger partial charge in [0.15, 0.2) is 11.6 Å². The van der Waals surface area contributed by atoms with Gasteiger partial charge in [-0.1, -0.05) is 0 Å². The van der Waals surface area contributed by atoms with Gasteiger partial charge in [-0.2, -0.15) is 0 Å². The first-order valence-electron chi connectivity index (χ1n) is 8.41. The molecule has 1 aromatic heterocycles. The highest BCUT2D eigenvalue weighted by atomic mass is 19.2. The van der Waals surface area contributed by atoms with Crippen molar-refractivity contribution in [3.63, 3.8) is 0 Å². The van der Waals surface area contributed by atoms with E-state index < -0.39 is 11.6 Å². The zero-order chi connectivity index (χ0) is 17.4. The molecule has 25 heavy (non-hydrogen) atoms. The van der Waals surface area contributed by atoms with Gasteiger partial charge in [0.05, 0.1) is 0 Å². The maximum Gasteiger partial charge on any atom is 0.227 e. The number of halogens is 2. The Morgan fingerprint density at radius 3 is 2.64 bits per heavy atom. The van der Waals surface area contributed by atoms with Crippen LogP contribution in [0.4, 0.5) is 14.5 Å². The Bertz CT molecular complexity index is 799. The number of hydrogen-bond acceptors (Lipinski definition) is 3. The van der Waals surface area contributed by atoms with Crippen molar-refractivity contribution in [2.75, 3.05) is 24.5 Å². The highest BCUT2D eigenvalue weighted by Gasteiger charge is 2.47. The van der Waals surface area contributed by atoms with Gasteiger partial charge in [0.2, 0.25) is 5.91 Å². The van der Waals surface area contributed by atoms with Crippen molar-refractivity contribution in [3.8, 4) is 0 Å². The molecule has 130 valence electrons. The third-order valence-electron chi connectivity index (χ3n) is 5.21. The molecule has 2 aliphatic heterocycles. The molecule has 2 saturated heterocycles. The highest BCUT2D eigenvalue weighted by Crippen LogP contribution is 2.42. The first kappa shape index (κ1) is 16.1. The number of nitrogens with zero attached hydrogens (tertiary/aromatic N) is 3. The first-order chi connectivity index (χ1) is 12.0. The summed E-state index contributed by atoms with van der Waals surface area (Å²) in [5, 5.41) is 0. The van der Waals surface area contributed by atoms with Gasteiger partial charge in [-0.3, -0.25) is 14.7 Å². The second-order valence-electron chi connectivity index (χ2n) is 7.07. The van der Waals surface area contributed by atoms with Crippen LogP contribution < -0.4 is 4.90 Å². The summed E-state index contributed by atoms with van der Waals surface area (Å²) in [5.74, 6) is -1.83. The van der Waals surface area contributed by atoms with Crippen LogP contribution in [0.1, 0.15) is 18.4 Å². The van der Waals surface area contributed by atoms with Crippen molar-refractivity contribution in [3.05, 3.63) is 59.9 Å². The van der Waals surface area contributed by atoms with E-state index in [1.54, 1.807) is 17.3 Å². The normalized spacial score (nSPS) is 23.8. The zero-order valence-corrected chi connectivity index (χ0v) is 13.8. The largest absolute Gasteiger partial charge is 0.312 e. The number of pyridine rings is 1. The number of likely N-dealkylation sites (tertiary alicyclic amines) is 1. The molecule has 1 aromatic carbocycles. The number of anilines is 1. The number of carbonyl (C=O) groups excluding carboxylic acids is 1. The molecule has 1 atom stereocenters. The van der Waals surface area contributed by atoms with Gasteiger partial charge in [-0.05, 0) is 42.8 Å². The summed E-state index contributed by atoms with van der Waals surface area (Å²) in [4.78, 5) is 20.5. The van der Waals surface area contributed by atoms with Gasteiger partial charge in [0, 0.05) is 55.6 Å². The van der Waals surface area contributed by atoms with Gasteiger partial charge >= 0.3 is 0 Å². The number of rotatable bonds is 3. The smallest absolute Gasteiger partial charge is 0.227 e. The van der Waals surface area contributed by atoms with Crippen molar-refractivity contribution < 1.29 is 13.6 Å². The molecule has 0 bridgehead atoms. The topological polar surface area (TPSA) is 36.4 Å². The minimum Gasteiger partial charge on any atom is -0.312 e. The highest BCUT2D eigenvalue weighted by molar-refractivity contribution is 5.96. The Kier molecular flexibility index (Phi) is 4.00. The SMILES string of the molecule is O=C1CC2(CCN(Cc3ccncc3)C2)CN1c1ccc(F)c(F)c1. The average Bonchev–Trinajstić information content (AvgIpc) is 3.14. The molecule has 0 aliphatic carbocycles. The van der Waals surface area contributed by atoms with E-state index in [0.29, 0.717) is 18.7 Å². The van der Waals surface area contributed by atoms with Crippen molar-refractivity contribution in [1.29, 1.82) is 0 Å². The second kappa shape index (κ2) is 6.19. The van der Waals surface area contributed by atoms with E-state index in [9.17, 15) is 13.6 Å². The molecule has 3 heterocycles. The maximum absolute atomic E-state index is 13.5. The second-order valence-corrected chi connectivity index (χ2v) is 7.07. The lowest BCUT2D eigenvalue weighted by Gasteiger charge is -2.24. The Balaban J connectivity index is 1.47. The molecule has 0 saturated carbocycles. The molecular formula is C19H19F2N3O. The number of hydrogen-bond donors (Lipinski definition) is 0. The van der Waals surface area contributed by atoms with Crippen molar-refractivity contribution in [2.24, 2.45) is 5.41 Å². The van der Waals surface area contributed by atoms with Crippen LogP contribution in [0.2, 0.25) is 0 Å². The van der Waals surface area contributed by atoms with E-state index in [4.69, 9.17) is 0 Å². The third kappa shape index (κ3) is 3.14. The number of aromatic nitrogens is 1. The Labute approximate surface area is 145 Å². The summed E-state index contributed by atoms with van der Waals surface area (Å²) >= 11 is 0. The molecule has 4 rings (SSSR count). The summed E-state index contributed by atoms with van der Waals surface area (Å²) in [7, 11) is 0. The minimum atomic E-state index is -0.919. The summed E-state index contributed by atoms with van der Waals surface area (Å²) in [5.41, 5.74) is 1.54. The van der Waals surface area contributed by atoms with Crippen LogP contribution in [0.25, 0.3) is 0 Å².